The SMILES string of the molecule is O=C(CC1SC(=O)N(c2ccc(Cl)cc2)C1=O)Nc1ccc([N+](=O)[O-])cc1O. The normalized spacial score (nSPS) is 16.3. The van der Waals surface area contributed by atoms with Crippen LogP contribution in [0.15, 0.2) is 42.5 Å². The first-order valence-electron chi connectivity index (χ1n) is 7.83. The molecule has 1 unspecified atom stereocenters. The van der Waals surface area contributed by atoms with Gasteiger partial charge in [0.2, 0.25) is 11.8 Å². The summed E-state index contributed by atoms with van der Waals surface area (Å²) in [5.41, 5.74) is -0.0176. The summed E-state index contributed by atoms with van der Waals surface area (Å²) < 4.78 is 0. The molecule has 1 aliphatic heterocycles. The fourth-order valence-corrected chi connectivity index (χ4v) is 3.63. The zero-order chi connectivity index (χ0) is 20.4. The van der Waals surface area contributed by atoms with E-state index in [-0.39, 0.29) is 17.8 Å². The van der Waals surface area contributed by atoms with Crippen LogP contribution in [-0.2, 0) is 9.59 Å². The van der Waals surface area contributed by atoms with E-state index in [1.807, 2.05) is 0 Å². The highest BCUT2D eigenvalue weighted by Gasteiger charge is 2.41. The zero-order valence-corrected chi connectivity index (χ0v) is 15.6. The molecule has 2 aromatic rings. The van der Waals surface area contributed by atoms with Gasteiger partial charge in [-0.15, -0.1) is 0 Å². The van der Waals surface area contributed by atoms with E-state index in [0.29, 0.717) is 10.7 Å². The van der Waals surface area contributed by atoms with E-state index in [1.54, 1.807) is 12.1 Å². The number of nitrogens with one attached hydrogen (secondary N) is 1. The van der Waals surface area contributed by atoms with Gasteiger partial charge in [-0.2, -0.15) is 0 Å². The van der Waals surface area contributed by atoms with Crippen molar-refractivity contribution in [1.82, 2.24) is 0 Å². The maximum absolute atomic E-state index is 12.5. The minimum atomic E-state index is -0.927. The van der Waals surface area contributed by atoms with Crippen LogP contribution in [0.4, 0.5) is 21.9 Å². The van der Waals surface area contributed by atoms with E-state index in [9.17, 15) is 29.6 Å². The molecule has 2 aromatic carbocycles. The number of carbonyl (C=O) groups is 3. The number of benzene rings is 2. The molecular weight excluding hydrogens is 410 g/mol. The Morgan fingerprint density at radius 3 is 2.54 bits per heavy atom. The average Bonchev–Trinajstić information content (AvgIpc) is 2.91. The third-order valence-electron chi connectivity index (χ3n) is 3.84. The summed E-state index contributed by atoms with van der Waals surface area (Å²) in [7, 11) is 0. The predicted octanol–water partition coefficient (Wildman–Crippen LogP) is 3.55. The Morgan fingerprint density at radius 2 is 1.93 bits per heavy atom. The Morgan fingerprint density at radius 1 is 1.25 bits per heavy atom. The molecule has 0 spiro atoms. The van der Waals surface area contributed by atoms with Crippen LogP contribution in [0.25, 0.3) is 0 Å². The molecule has 9 nitrogen and oxygen atoms in total. The lowest BCUT2D eigenvalue weighted by Gasteiger charge is -2.14. The van der Waals surface area contributed by atoms with E-state index in [0.717, 1.165) is 28.8 Å². The summed E-state index contributed by atoms with van der Waals surface area (Å²) in [5.74, 6) is -1.65. The Balaban J connectivity index is 1.68. The minimum absolute atomic E-state index is 0.0353. The molecule has 3 amide bonds. The molecule has 1 aliphatic rings. The molecule has 144 valence electrons. The number of nitro benzene ring substituents is 1. The van der Waals surface area contributed by atoms with Crippen molar-refractivity contribution in [3.05, 3.63) is 57.6 Å². The summed E-state index contributed by atoms with van der Waals surface area (Å²) >= 11 is 6.52. The predicted molar refractivity (Wildman–Crippen MR) is 104 cm³/mol. The number of rotatable bonds is 5. The summed E-state index contributed by atoms with van der Waals surface area (Å²) in [6.07, 6.45) is -0.310. The lowest BCUT2D eigenvalue weighted by molar-refractivity contribution is -0.384. The largest absolute Gasteiger partial charge is 0.506 e. The number of amides is 3. The van der Waals surface area contributed by atoms with Gasteiger partial charge in [-0.25, -0.2) is 4.90 Å². The average molecular weight is 422 g/mol. The number of halogens is 1. The maximum Gasteiger partial charge on any atom is 0.293 e. The Bertz CT molecular complexity index is 981. The molecule has 11 heteroatoms. The first-order valence-corrected chi connectivity index (χ1v) is 9.09. The number of hydrogen-bond donors (Lipinski definition) is 2. The number of thioether (sulfide) groups is 1. The standard InChI is InChI=1S/C17H12ClN3O6S/c18-9-1-3-10(4-2-9)20-16(24)14(28-17(20)25)8-15(23)19-12-6-5-11(21(26)27)7-13(12)22/h1-7,14,22H,8H2,(H,19,23). The van der Waals surface area contributed by atoms with Gasteiger partial charge in [-0.3, -0.25) is 24.5 Å². The van der Waals surface area contributed by atoms with Crippen LogP contribution < -0.4 is 10.2 Å². The monoisotopic (exact) mass is 421 g/mol. The van der Waals surface area contributed by atoms with Crippen LogP contribution in [0.2, 0.25) is 5.02 Å². The summed E-state index contributed by atoms with van der Waals surface area (Å²) in [6.45, 7) is 0. The quantitative estimate of drug-likeness (QED) is 0.429. The second-order valence-electron chi connectivity index (χ2n) is 5.73. The highest BCUT2D eigenvalue weighted by molar-refractivity contribution is 8.15. The second kappa shape index (κ2) is 7.87. The van der Waals surface area contributed by atoms with Crippen LogP contribution in [0.3, 0.4) is 0 Å². The fourth-order valence-electron chi connectivity index (χ4n) is 2.52. The highest BCUT2D eigenvalue weighted by Crippen LogP contribution is 2.34. The van der Waals surface area contributed by atoms with Crippen molar-refractivity contribution >= 4 is 57.5 Å². The van der Waals surface area contributed by atoms with Crippen molar-refractivity contribution < 1.29 is 24.4 Å². The van der Waals surface area contributed by atoms with Gasteiger partial charge in [0.25, 0.3) is 10.9 Å². The number of carbonyl (C=O) groups excluding carboxylic acids is 3. The maximum atomic E-state index is 12.5. The number of phenols is 1. The van der Waals surface area contributed by atoms with Gasteiger partial charge in [0, 0.05) is 17.5 Å². The smallest absolute Gasteiger partial charge is 0.293 e. The number of phenolic OH excluding ortho intramolecular Hbond substituents is 1. The van der Waals surface area contributed by atoms with E-state index >= 15 is 0 Å². The number of anilines is 2. The molecule has 0 aliphatic carbocycles. The van der Waals surface area contributed by atoms with Crippen LogP contribution in [0.5, 0.6) is 5.75 Å². The van der Waals surface area contributed by atoms with Crippen molar-refractivity contribution in [2.75, 3.05) is 10.2 Å². The Kier molecular flexibility index (Phi) is 5.52. The highest BCUT2D eigenvalue weighted by atomic mass is 35.5. The van der Waals surface area contributed by atoms with E-state index in [1.165, 1.54) is 18.2 Å². The Hall–Kier alpha value is -3.11. The van der Waals surface area contributed by atoms with Gasteiger partial charge in [0.05, 0.1) is 22.4 Å². The molecule has 3 rings (SSSR count). The van der Waals surface area contributed by atoms with Crippen molar-refractivity contribution in [3.8, 4) is 5.75 Å². The van der Waals surface area contributed by atoms with E-state index in [2.05, 4.69) is 5.32 Å². The molecule has 0 bridgehead atoms. The first-order chi connectivity index (χ1) is 13.3. The molecule has 2 N–H and O–H groups in total. The number of imide groups is 1. The molecule has 0 radical (unpaired) electrons. The van der Waals surface area contributed by atoms with Gasteiger partial charge in [0.15, 0.2) is 0 Å². The summed E-state index contributed by atoms with van der Waals surface area (Å²) in [6, 6.07) is 9.33. The second-order valence-corrected chi connectivity index (χ2v) is 7.32. The van der Waals surface area contributed by atoms with Gasteiger partial charge >= 0.3 is 0 Å². The van der Waals surface area contributed by atoms with Crippen molar-refractivity contribution in [2.24, 2.45) is 0 Å². The molecule has 0 aromatic heterocycles. The number of non-ortho nitro benzene ring substituents is 1. The number of hydrogen-bond acceptors (Lipinski definition) is 7. The van der Waals surface area contributed by atoms with Gasteiger partial charge < -0.3 is 10.4 Å². The molecule has 1 fully saturated rings. The number of aromatic hydroxyl groups is 1. The molecular formula is C17H12ClN3O6S. The molecule has 1 saturated heterocycles. The zero-order valence-electron chi connectivity index (χ0n) is 14.0. The first kappa shape index (κ1) is 19.6. The number of nitro groups is 1. The van der Waals surface area contributed by atoms with Crippen LogP contribution >= 0.6 is 23.4 Å². The van der Waals surface area contributed by atoms with E-state index < -0.39 is 33.0 Å². The van der Waals surface area contributed by atoms with E-state index in [4.69, 9.17) is 11.6 Å². The van der Waals surface area contributed by atoms with Crippen LogP contribution in [0, 0.1) is 10.1 Å². The van der Waals surface area contributed by atoms with Crippen molar-refractivity contribution in [1.29, 1.82) is 0 Å². The molecule has 1 heterocycles. The lowest BCUT2D eigenvalue weighted by atomic mass is 10.2. The molecule has 28 heavy (non-hydrogen) atoms. The fraction of sp³-hybridized carbons (Fsp3) is 0.118. The van der Waals surface area contributed by atoms with Crippen LogP contribution in [-0.4, -0.2) is 32.3 Å². The van der Waals surface area contributed by atoms with Crippen molar-refractivity contribution in [3.63, 3.8) is 0 Å². The summed E-state index contributed by atoms with van der Waals surface area (Å²) in [4.78, 5) is 47.9. The lowest BCUT2D eigenvalue weighted by Crippen LogP contribution is -2.32. The minimum Gasteiger partial charge on any atom is -0.506 e. The van der Waals surface area contributed by atoms with Crippen molar-refractivity contribution in [2.45, 2.75) is 11.7 Å². The Labute approximate surface area is 167 Å². The number of nitrogens with zero attached hydrogens (tertiary/aromatic N) is 2. The van der Waals surface area contributed by atoms with Gasteiger partial charge in [-0.05, 0) is 42.1 Å². The third-order valence-corrected chi connectivity index (χ3v) is 5.13. The topological polar surface area (TPSA) is 130 Å². The third kappa shape index (κ3) is 4.07. The summed E-state index contributed by atoms with van der Waals surface area (Å²) in [5, 5.41) is 21.9. The van der Waals surface area contributed by atoms with Gasteiger partial charge in [0.1, 0.15) is 11.0 Å². The van der Waals surface area contributed by atoms with Crippen LogP contribution in [0.1, 0.15) is 6.42 Å². The molecule has 0 saturated carbocycles. The molecule has 1 atom stereocenters. The van der Waals surface area contributed by atoms with Gasteiger partial charge in [-0.1, -0.05) is 11.6 Å².